The van der Waals surface area contributed by atoms with Crippen molar-refractivity contribution in [3.05, 3.63) is 0 Å². The Morgan fingerprint density at radius 1 is 1.62 bits per heavy atom. The smallest absolute Gasteiger partial charge is 0.162 e. The second-order valence-electron chi connectivity index (χ2n) is 2.65. The first-order valence-corrected chi connectivity index (χ1v) is 5.11. The lowest BCUT2D eigenvalue weighted by Gasteiger charge is -2.11. The zero-order valence-corrected chi connectivity index (χ0v) is 8.54. The van der Waals surface area contributed by atoms with Gasteiger partial charge in [-0.3, -0.25) is 4.79 Å². The molecule has 0 aromatic heterocycles. The van der Waals surface area contributed by atoms with Crippen LogP contribution in [0.1, 0.15) is 19.3 Å². The van der Waals surface area contributed by atoms with Crippen LogP contribution in [0.3, 0.4) is 0 Å². The van der Waals surface area contributed by atoms with E-state index in [0.29, 0.717) is 6.42 Å². The number of alkyl halides is 1. The van der Waals surface area contributed by atoms with E-state index in [4.69, 9.17) is 0 Å². The summed E-state index contributed by atoms with van der Waals surface area (Å²) in [6, 6.07) is 0. The minimum absolute atomic E-state index is 0.209. The Balaban J connectivity index is 2.28. The van der Waals surface area contributed by atoms with Gasteiger partial charge in [-0.25, -0.2) is 0 Å². The number of aliphatic imine (C=N–C) groups is 1. The van der Waals surface area contributed by atoms with Gasteiger partial charge in [-0.05, 0) is 12.8 Å². The fourth-order valence-electron chi connectivity index (χ4n) is 0.961. The average molecular weight is 247 g/mol. The average Bonchev–Trinajstić information content (AvgIpc) is 2.52. The number of hydrogen-bond acceptors (Lipinski definition) is 3. The van der Waals surface area contributed by atoms with E-state index in [1.165, 1.54) is 0 Å². The number of carbonyl (C=O) groups is 2. The summed E-state index contributed by atoms with van der Waals surface area (Å²) >= 11 is 3.25. The van der Waals surface area contributed by atoms with Gasteiger partial charge in [-0.2, -0.15) is 0 Å². The van der Waals surface area contributed by atoms with Crippen LogP contribution in [0.2, 0.25) is 0 Å². The van der Waals surface area contributed by atoms with Gasteiger partial charge in [-0.1, -0.05) is 15.9 Å². The van der Waals surface area contributed by atoms with Crippen LogP contribution in [0, 0.1) is 0 Å². The Morgan fingerprint density at radius 3 is 2.92 bits per heavy atom. The molecule has 72 valence electrons. The van der Waals surface area contributed by atoms with Crippen molar-refractivity contribution in [3.63, 3.8) is 0 Å². The summed E-state index contributed by atoms with van der Waals surface area (Å²) in [7, 11) is 0. The van der Waals surface area contributed by atoms with Gasteiger partial charge in [0.05, 0.1) is 0 Å². The van der Waals surface area contributed by atoms with E-state index in [0.717, 1.165) is 18.2 Å². The van der Waals surface area contributed by atoms with Crippen LogP contribution in [-0.2, 0) is 14.3 Å². The fourth-order valence-corrected chi connectivity index (χ4v) is 1.36. The molecule has 0 fully saturated rings. The normalized spacial score (nSPS) is 20.4. The number of hydrogen-bond donors (Lipinski definition) is 0. The van der Waals surface area contributed by atoms with Crippen molar-refractivity contribution in [2.75, 3.05) is 5.33 Å². The summed E-state index contributed by atoms with van der Waals surface area (Å²) in [6.07, 6.45) is 3.06. The van der Waals surface area contributed by atoms with Gasteiger partial charge in [0.15, 0.2) is 5.78 Å². The van der Waals surface area contributed by atoms with E-state index in [-0.39, 0.29) is 5.78 Å². The van der Waals surface area contributed by atoms with Crippen LogP contribution >= 0.6 is 15.9 Å². The number of ether oxygens (including phenoxy) is 1. The molecule has 5 heteroatoms. The van der Waals surface area contributed by atoms with Gasteiger partial charge in [0.25, 0.3) is 0 Å². The molecule has 0 aromatic carbocycles. The van der Waals surface area contributed by atoms with Crippen molar-refractivity contribution >= 4 is 34.0 Å². The molecular weight excluding hydrogens is 238 g/mol. The summed E-state index contributed by atoms with van der Waals surface area (Å²) in [4.78, 5) is 25.4. The van der Waals surface area contributed by atoms with Crippen LogP contribution < -0.4 is 0 Å². The van der Waals surface area contributed by atoms with Crippen LogP contribution in [0.4, 0.5) is 0 Å². The third-order valence-electron chi connectivity index (χ3n) is 1.65. The Morgan fingerprint density at radius 2 is 2.38 bits per heavy atom. The number of rotatable bonds is 5. The molecule has 1 heterocycles. The molecule has 0 aromatic rings. The topological polar surface area (TPSA) is 55.7 Å². The minimum atomic E-state index is -1.02. The summed E-state index contributed by atoms with van der Waals surface area (Å²) in [5, 5.41) is 0.863. The maximum atomic E-state index is 11.3. The Hall–Kier alpha value is -0.710. The first kappa shape index (κ1) is 10.4. The third-order valence-corrected chi connectivity index (χ3v) is 2.21. The van der Waals surface area contributed by atoms with Crippen molar-refractivity contribution in [2.24, 2.45) is 4.99 Å². The molecule has 0 aliphatic carbocycles. The standard InChI is InChI=1S/C8H9BrNO3/c9-4-2-1-3-6(11)7-8(12)10-5-13-7/h7H,1-4H2/q-1. The highest BCUT2D eigenvalue weighted by atomic mass is 79.9. The molecule has 0 radical (unpaired) electrons. The highest BCUT2D eigenvalue weighted by Gasteiger charge is 2.21. The minimum Gasteiger partial charge on any atom is -0.570 e. The molecule has 0 saturated carbocycles. The molecule has 1 aliphatic heterocycles. The summed E-state index contributed by atoms with van der Waals surface area (Å²) < 4.78 is 4.63. The monoisotopic (exact) mass is 246 g/mol. The lowest BCUT2D eigenvalue weighted by molar-refractivity contribution is -0.134. The number of amides is 1. The molecule has 13 heavy (non-hydrogen) atoms. The van der Waals surface area contributed by atoms with E-state index < -0.39 is 12.0 Å². The third kappa shape index (κ3) is 2.91. The molecule has 0 saturated heterocycles. The predicted molar refractivity (Wildman–Crippen MR) is 50.0 cm³/mol. The fraction of sp³-hybridized carbons (Fsp3) is 0.625. The molecule has 1 amide bonds. The lowest BCUT2D eigenvalue weighted by atomic mass is 10.1. The maximum absolute atomic E-state index is 11.3. The number of ketones is 1. The molecule has 1 aliphatic rings. The summed E-state index contributed by atoms with van der Waals surface area (Å²) in [6.45, 7) is 0. The largest absolute Gasteiger partial charge is 0.570 e. The molecular formula is C8H9BrNO3-. The number of carbonyl (C=O) groups excluding carboxylic acids is 2. The number of Topliss-reactive ketones (excluding diaryl/α,β-unsaturated/α-hetero) is 1. The molecule has 0 spiro atoms. The van der Waals surface area contributed by atoms with Gasteiger partial charge in [0, 0.05) is 18.2 Å². The molecule has 1 atom stereocenters. The summed E-state index contributed by atoms with van der Waals surface area (Å²) in [5.41, 5.74) is 0. The van der Waals surface area contributed by atoms with Gasteiger partial charge >= 0.3 is 0 Å². The van der Waals surface area contributed by atoms with Crippen molar-refractivity contribution in [3.8, 4) is 0 Å². The summed E-state index contributed by atoms with van der Waals surface area (Å²) in [5.74, 6) is -0.747. The van der Waals surface area contributed by atoms with E-state index in [9.17, 15) is 9.59 Å². The molecule has 4 nitrogen and oxygen atoms in total. The van der Waals surface area contributed by atoms with Crippen molar-refractivity contribution in [1.82, 2.24) is 0 Å². The molecule has 0 N–H and O–H groups in total. The van der Waals surface area contributed by atoms with Crippen LogP contribution in [0.15, 0.2) is 4.99 Å². The van der Waals surface area contributed by atoms with Gasteiger partial charge in [-0.15, -0.1) is 0 Å². The Bertz CT molecular complexity index is 240. The van der Waals surface area contributed by atoms with Gasteiger partial charge in [0.1, 0.15) is 12.0 Å². The highest BCUT2D eigenvalue weighted by molar-refractivity contribution is 9.09. The number of unbranched alkanes of at least 4 members (excludes halogenated alkanes) is 1. The van der Waals surface area contributed by atoms with Gasteiger partial charge in [0.2, 0.25) is 0 Å². The molecule has 0 bridgehead atoms. The molecule has 1 rings (SSSR count). The van der Waals surface area contributed by atoms with E-state index in [2.05, 4.69) is 25.7 Å². The second kappa shape index (κ2) is 5.11. The van der Waals surface area contributed by atoms with E-state index in [1.54, 1.807) is 0 Å². The molecule has 1 unspecified atom stereocenters. The van der Waals surface area contributed by atoms with Crippen molar-refractivity contribution < 1.29 is 14.3 Å². The number of nitrogens with zero attached hydrogens (tertiary/aromatic N) is 1. The maximum Gasteiger partial charge on any atom is 0.162 e. The predicted octanol–water partition coefficient (Wildman–Crippen LogP) is 0.951. The number of halogens is 1. The SMILES string of the molecule is O=C(CCCCBr)C1O[C-]=NC1=O. The lowest BCUT2D eigenvalue weighted by Crippen LogP contribution is -2.27. The quantitative estimate of drug-likeness (QED) is 0.314. The zero-order valence-electron chi connectivity index (χ0n) is 6.96. The van der Waals surface area contributed by atoms with E-state index in [1.807, 2.05) is 6.40 Å². The highest BCUT2D eigenvalue weighted by Crippen LogP contribution is 2.08. The Labute approximate surface area is 84.5 Å². The zero-order chi connectivity index (χ0) is 9.68. The van der Waals surface area contributed by atoms with Crippen molar-refractivity contribution in [1.29, 1.82) is 0 Å². The van der Waals surface area contributed by atoms with Crippen LogP contribution in [0.5, 0.6) is 0 Å². The van der Waals surface area contributed by atoms with Gasteiger partial charge < -0.3 is 14.5 Å². The van der Waals surface area contributed by atoms with Crippen LogP contribution in [-0.4, -0.2) is 29.5 Å². The second-order valence-corrected chi connectivity index (χ2v) is 3.44. The first-order valence-electron chi connectivity index (χ1n) is 3.99. The van der Waals surface area contributed by atoms with Crippen molar-refractivity contribution in [2.45, 2.75) is 25.4 Å². The first-order chi connectivity index (χ1) is 6.25. The van der Waals surface area contributed by atoms with Crippen LogP contribution in [0.25, 0.3) is 0 Å². The Kier molecular flexibility index (Phi) is 4.08. The van der Waals surface area contributed by atoms with E-state index >= 15 is 0 Å².